The first-order valence-electron chi connectivity index (χ1n) is 6.62. The lowest BCUT2D eigenvalue weighted by atomic mass is 10.2. The van der Waals surface area contributed by atoms with Crippen molar-refractivity contribution in [3.8, 4) is 11.4 Å². The van der Waals surface area contributed by atoms with Gasteiger partial charge in [0.25, 0.3) is 5.91 Å². The van der Waals surface area contributed by atoms with Crippen molar-refractivity contribution in [3.63, 3.8) is 0 Å². The molecule has 19 heavy (non-hydrogen) atoms. The van der Waals surface area contributed by atoms with E-state index < -0.39 is 0 Å². The van der Waals surface area contributed by atoms with Gasteiger partial charge in [0.2, 0.25) is 0 Å². The summed E-state index contributed by atoms with van der Waals surface area (Å²) in [5, 5.41) is 4.45. The molecule has 0 aromatic carbocycles. The van der Waals surface area contributed by atoms with E-state index in [1.54, 1.807) is 4.68 Å². The van der Waals surface area contributed by atoms with Crippen LogP contribution in [0.15, 0.2) is 24.4 Å². The van der Waals surface area contributed by atoms with Crippen LogP contribution in [0.3, 0.4) is 0 Å². The Morgan fingerprint density at radius 3 is 2.63 bits per heavy atom. The monoisotopic (exact) mass is 258 g/mol. The molecule has 5 heteroatoms. The minimum absolute atomic E-state index is 0.0907. The molecule has 1 aliphatic rings. The van der Waals surface area contributed by atoms with Gasteiger partial charge in [-0.25, -0.2) is 0 Å². The summed E-state index contributed by atoms with van der Waals surface area (Å²) in [6.07, 6.45) is 4.19. The molecular weight excluding hydrogens is 240 g/mol. The van der Waals surface area contributed by atoms with Crippen molar-refractivity contribution in [2.24, 2.45) is 14.1 Å². The Balaban J connectivity index is 1.93. The molecule has 0 unspecified atom stereocenters. The molecule has 0 atom stereocenters. The van der Waals surface area contributed by atoms with Crippen LogP contribution in [0.5, 0.6) is 0 Å². The number of nitrogens with zero attached hydrogens (tertiary/aromatic N) is 4. The number of hydrogen-bond donors (Lipinski definition) is 0. The Morgan fingerprint density at radius 2 is 2.00 bits per heavy atom. The number of carbonyl (C=O) groups excluding carboxylic acids is 1. The maximum atomic E-state index is 12.4. The highest BCUT2D eigenvalue weighted by Gasteiger charge is 2.23. The SMILES string of the molecule is Cn1cccc1-c1cc(C(=O)N2CCCC2)n(C)n1. The molecule has 5 nitrogen and oxygen atoms in total. The van der Waals surface area contributed by atoms with E-state index in [9.17, 15) is 4.79 Å². The summed E-state index contributed by atoms with van der Waals surface area (Å²) in [6, 6.07) is 5.87. The van der Waals surface area contributed by atoms with Crippen LogP contribution in [0, 0.1) is 0 Å². The third-order valence-electron chi connectivity index (χ3n) is 3.70. The van der Waals surface area contributed by atoms with E-state index in [1.807, 2.05) is 48.0 Å². The van der Waals surface area contributed by atoms with E-state index in [4.69, 9.17) is 0 Å². The normalized spacial score (nSPS) is 15.2. The lowest BCUT2D eigenvalue weighted by molar-refractivity contribution is 0.0782. The fourth-order valence-electron chi connectivity index (χ4n) is 2.60. The van der Waals surface area contributed by atoms with Crippen molar-refractivity contribution in [1.29, 1.82) is 0 Å². The highest BCUT2D eigenvalue weighted by molar-refractivity contribution is 5.93. The molecule has 1 aliphatic heterocycles. The second kappa shape index (κ2) is 4.57. The summed E-state index contributed by atoms with van der Waals surface area (Å²) in [5.41, 5.74) is 2.53. The second-order valence-corrected chi connectivity index (χ2v) is 5.04. The Morgan fingerprint density at radius 1 is 1.26 bits per heavy atom. The Kier molecular flexibility index (Phi) is 2.89. The van der Waals surface area contributed by atoms with E-state index in [-0.39, 0.29) is 5.91 Å². The largest absolute Gasteiger partial charge is 0.349 e. The molecule has 100 valence electrons. The van der Waals surface area contributed by atoms with Crippen molar-refractivity contribution in [3.05, 3.63) is 30.1 Å². The van der Waals surface area contributed by atoms with Crippen LogP contribution >= 0.6 is 0 Å². The van der Waals surface area contributed by atoms with Gasteiger partial charge >= 0.3 is 0 Å². The number of aryl methyl sites for hydroxylation is 2. The molecule has 1 saturated heterocycles. The van der Waals surface area contributed by atoms with Gasteiger partial charge in [-0.3, -0.25) is 9.48 Å². The highest BCUT2D eigenvalue weighted by atomic mass is 16.2. The lowest BCUT2D eigenvalue weighted by Gasteiger charge is -2.14. The van der Waals surface area contributed by atoms with Gasteiger partial charge in [-0.1, -0.05) is 0 Å². The smallest absolute Gasteiger partial charge is 0.272 e. The maximum Gasteiger partial charge on any atom is 0.272 e. The lowest BCUT2D eigenvalue weighted by Crippen LogP contribution is -2.29. The number of likely N-dealkylation sites (tertiary alicyclic amines) is 1. The Bertz CT molecular complexity index is 605. The van der Waals surface area contributed by atoms with Gasteiger partial charge in [-0.05, 0) is 31.0 Å². The molecule has 0 N–H and O–H groups in total. The van der Waals surface area contributed by atoms with Gasteiger partial charge in [0, 0.05) is 33.4 Å². The third kappa shape index (κ3) is 2.05. The van der Waals surface area contributed by atoms with Gasteiger partial charge in [-0.2, -0.15) is 5.10 Å². The quantitative estimate of drug-likeness (QED) is 0.822. The predicted molar refractivity (Wildman–Crippen MR) is 72.8 cm³/mol. The standard InChI is InChI=1S/C14H18N4O/c1-16-7-5-6-12(16)11-10-13(17(2)15-11)14(19)18-8-3-4-9-18/h5-7,10H,3-4,8-9H2,1-2H3. The predicted octanol–water partition coefficient (Wildman–Crippen LogP) is 1.66. The molecule has 0 radical (unpaired) electrons. The van der Waals surface area contributed by atoms with Crippen LogP contribution in [-0.4, -0.2) is 38.2 Å². The zero-order valence-electron chi connectivity index (χ0n) is 11.3. The van der Waals surface area contributed by atoms with Crippen LogP contribution < -0.4 is 0 Å². The first kappa shape index (κ1) is 12.0. The van der Waals surface area contributed by atoms with Crippen LogP contribution in [-0.2, 0) is 14.1 Å². The molecule has 2 aromatic rings. The minimum Gasteiger partial charge on any atom is -0.349 e. The highest BCUT2D eigenvalue weighted by Crippen LogP contribution is 2.20. The van der Waals surface area contributed by atoms with E-state index in [0.29, 0.717) is 5.69 Å². The van der Waals surface area contributed by atoms with Crippen LogP contribution in [0.2, 0.25) is 0 Å². The van der Waals surface area contributed by atoms with Crippen LogP contribution in [0.4, 0.5) is 0 Å². The Labute approximate surface area is 112 Å². The topological polar surface area (TPSA) is 43.1 Å². The van der Waals surface area contributed by atoms with Gasteiger partial charge in [0.1, 0.15) is 11.4 Å². The Hall–Kier alpha value is -2.04. The van der Waals surface area contributed by atoms with Crippen LogP contribution in [0.25, 0.3) is 11.4 Å². The molecule has 1 fully saturated rings. The maximum absolute atomic E-state index is 12.4. The molecule has 3 rings (SSSR count). The van der Waals surface area contributed by atoms with Gasteiger partial charge in [0.15, 0.2) is 0 Å². The number of carbonyl (C=O) groups is 1. The molecule has 1 amide bonds. The van der Waals surface area contributed by atoms with Crippen molar-refractivity contribution in [1.82, 2.24) is 19.2 Å². The molecule has 0 spiro atoms. The zero-order chi connectivity index (χ0) is 13.4. The zero-order valence-corrected chi connectivity index (χ0v) is 11.3. The molecule has 0 saturated carbocycles. The molecule has 3 heterocycles. The number of hydrogen-bond acceptors (Lipinski definition) is 2. The van der Waals surface area contributed by atoms with Crippen molar-refractivity contribution in [2.75, 3.05) is 13.1 Å². The van der Waals surface area contributed by atoms with E-state index in [1.165, 1.54) is 0 Å². The summed E-state index contributed by atoms with van der Waals surface area (Å²) in [7, 11) is 3.81. The van der Waals surface area contributed by atoms with Crippen molar-refractivity contribution >= 4 is 5.91 Å². The minimum atomic E-state index is 0.0907. The molecular formula is C14H18N4O. The van der Waals surface area contributed by atoms with Gasteiger partial charge in [0.05, 0.1) is 5.69 Å². The average Bonchev–Trinajstić information content (AvgIpc) is 3.08. The average molecular weight is 258 g/mol. The molecule has 0 bridgehead atoms. The van der Waals surface area contributed by atoms with Crippen molar-refractivity contribution in [2.45, 2.75) is 12.8 Å². The first-order chi connectivity index (χ1) is 9.16. The van der Waals surface area contributed by atoms with Crippen LogP contribution in [0.1, 0.15) is 23.3 Å². The number of amides is 1. The van der Waals surface area contributed by atoms with E-state index in [0.717, 1.165) is 37.3 Å². The number of rotatable bonds is 2. The summed E-state index contributed by atoms with van der Waals surface area (Å²) in [4.78, 5) is 14.3. The van der Waals surface area contributed by atoms with E-state index in [2.05, 4.69) is 5.10 Å². The summed E-state index contributed by atoms with van der Waals surface area (Å²) in [6.45, 7) is 1.73. The summed E-state index contributed by atoms with van der Waals surface area (Å²) in [5.74, 6) is 0.0907. The fourth-order valence-corrected chi connectivity index (χ4v) is 2.60. The fraction of sp³-hybridized carbons (Fsp3) is 0.429. The summed E-state index contributed by atoms with van der Waals surface area (Å²) >= 11 is 0. The first-order valence-corrected chi connectivity index (χ1v) is 6.62. The summed E-state index contributed by atoms with van der Waals surface area (Å²) < 4.78 is 3.69. The van der Waals surface area contributed by atoms with Gasteiger partial charge in [-0.15, -0.1) is 0 Å². The number of aromatic nitrogens is 3. The van der Waals surface area contributed by atoms with E-state index >= 15 is 0 Å². The van der Waals surface area contributed by atoms with Crippen molar-refractivity contribution < 1.29 is 4.79 Å². The second-order valence-electron chi connectivity index (χ2n) is 5.04. The third-order valence-corrected chi connectivity index (χ3v) is 3.70. The molecule has 0 aliphatic carbocycles. The van der Waals surface area contributed by atoms with Gasteiger partial charge < -0.3 is 9.47 Å². The molecule has 2 aromatic heterocycles.